The highest BCUT2D eigenvalue weighted by molar-refractivity contribution is 8.26. The summed E-state index contributed by atoms with van der Waals surface area (Å²) in [6, 6.07) is 19.7. The number of hydrogen-bond donors (Lipinski definition) is 0. The fourth-order valence-corrected chi connectivity index (χ4v) is 3.81. The van der Waals surface area contributed by atoms with E-state index < -0.39 is 0 Å². The third-order valence-corrected chi connectivity index (χ3v) is 4.92. The molecule has 1 aliphatic heterocycles. The van der Waals surface area contributed by atoms with Crippen molar-refractivity contribution in [2.75, 3.05) is 0 Å². The van der Waals surface area contributed by atoms with Crippen molar-refractivity contribution in [3.8, 4) is 0 Å². The van der Waals surface area contributed by atoms with Gasteiger partial charge in [0.15, 0.2) is 0 Å². The summed E-state index contributed by atoms with van der Waals surface area (Å²) in [6.45, 7) is 2.01. The number of thiocarbonyl (C=S) groups is 1. The molecule has 1 heterocycles. The van der Waals surface area contributed by atoms with Gasteiger partial charge in [-0.05, 0) is 24.1 Å². The van der Waals surface area contributed by atoms with Gasteiger partial charge in [0.05, 0.1) is 10.9 Å². The van der Waals surface area contributed by atoms with Crippen molar-refractivity contribution in [3.63, 3.8) is 0 Å². The van der Waals surface area contributed by atoms with E-state index in [0.29, 0.717) is 9.23 Å². The normalized spacial score (nSPS) is 18.0. The first kappa shape index (κ1) is 15.0. The number of carbonyl (C=O) groups excluding carboxylic acids is 1. The van der Waals surface area contributed by atoms with E-state index in [0.717, 1.165) is 11.1 Å². The van der Waals surface area contributed by atoms with Gasteiger partial charge < -0.3 is 0 Å². The summed E-state index contributed by atoms with van der Waals surface area (Å²) < 4.78 is 0.614. The highest BCUT2D eigenvalue weighted by Gasteiger charge is 2.35. The van der Waals surface area contributed by atoms with Gasteiger partial charge in [-0.1, -0.05) is 84.6 Å². The SMILES string of the molecule is C[C@@H](c1ccccc1)N1C(=O)/C(=C/c2ccccc2)SC1=S. The van der Waals surface area contributed by atoms with Gasteiger partial charge in [-0.2, -0.15) is 0 Å². The monoisotopic (exact) mass is 325 g/mol. The van der Waals surface area contributed by atoms with E-state index in [1.807, 2.05) is 73.7 Å². The molecule has 2 aromatic carbocycles. The lowest BCUT2D eigenvalue weighted by Crippen LogP contribution is -2.30. The second-order valence-corrected chi connectivity index (χ2v) is 6.72. The molecular weight excluding hydrogens is 310 g/mol. The molecular formula is C18H15NOS2. The molecule has 0 unspecified atom stereocenters. The second kappa shape index (κ2) is 6.46. The number of amides is 1. The van der Waals surface area contributed by atoms with Crippen LogP contribution in [0.2, 0.25) is 0 Å². The zero-order valence-electron chi connectivity index (χ0n) is 12.1. The Bertz CT molecular complexity index is 725. The standard InChI is InChI=1S/C18H15NOS2/c1-13(15-10-6-3-7-11-15)19-17(20)16(22-18(19)21)12-14-8-4-2-5-9-14/h2-13H,1H3/b16-12-/t13-/m0/s1. The Hall–Kier alpha value is -1.91. The highest BCUT2D eigenvalue weighted by atomic mass is 32.2. The van der Waals surface area contributed by atoms with Crippen LogP contribution in [-0.4, -0.2) is 15.1 Å². The lowest BCUT2D eigenvalue weighted by Gasteiger charge is -2.23. The first-order valence-corrected chi connectivity index (χ1v) is 8.26. The molecule has 1 aliphatic rings. The zero-order valence-corrected chi connectivity index (χ0v) is 13.7. The molecule has 1 amide bonds. The largest absolute Gasteiger partial charge is 0.286 e. The predicted molar refractivity (Wildman–Crippen MR) is 96.3 cm³/mol. The summed E-state index contributed by atoms with van der Waals surface area (Å²) in [5.74, 6) is -0.0183. The van der Waals surface area contributed by atoms with Crippen molar-refractivity contribution >= 4 is 40.3 Å². The Kier molecular flexibility index (Phi) is 4.41. The van der Waals surface area contributed by atoms with Gasteiger partial charge in [-0.3, -0.25) is 9.69 Å². The minimum atomic E-state index is -0.0598. The van der Waals surface area contributed by atoms with E-state index in [9.17, 15) is 4.79 Å². The van der Waals surface area contributed by atoms with Crippen molar-refractivity contribution in [2.24, 2.45) is 0 Å². The molecule has 0 spiro atoms. The average molecular weight is 325 g/mol. The van der Waals surface area contributed by atoms with Crippen LogP contribution >= 0.6 is 24.0 Å². The molecule has 1 saturated heterocycles. The zero-order chi connectivity index (χ0) is 15.5. The van der Waals surface area contributed by atoms with Crippen molar-refractivity contribution in [3.05, 3.63) is 76.7 Å². The summed E-state index contributed by atoms with van der Waals surface area (Å²) in [4.78, 5) is 15.1. The van der Waals surface area contributed by atoms with Gasteiger partial charge in [0.2, 0.25) is 0 Å². The Morgan fingerprint density at radius 3 is 2.27 bits per heavy atom. The fraction of sp³-hybridized carbons (Fsp3) is 0.111. The molecule has 1 fully saturated rings. The summed E-state index contributed by atoms with van der Waals surface area (Å²) in [5, 5.41) is 0. The van der Waals surface area contributed by atoms with Crippen LogP contribution in [0.4, 0.5) is 0 Å². The number of nitrogens with zero attached hydrogens (tertiary/aromatic N) is 1. The summed E-state index contributed by atoms with van der Waals surface area (Å²) in [5.41, 5.74) is 2.09. The molecule has 3 rings (SSSR count). The van der Waals surface area contributed by atoms with Crippen molar-refractivity contribution in [1.82, 2.24) is 4.90 Å². The smallest absolute Gasteiger partial charge is 0.266 e. The number of hydrogen-bond acceptors (Lipinski definition) is 3. The topological polar surface area (TPSA) is 20.3 Å². The molecule has 2 nitrogen and oxygen atoms in total. The van der Waals surface area contributed by atoms with Crippen LogP contribution in [-0.2, 0) is 4.79 Å². The Morgan fingerprint density at radius 1 is 1.05 bits per heavy atom. The van der Waals surface area contributed by atoms with E-state index in [4.69, 9.17) is 12.2 Å². The van der Waals surface area contributed by atoms with Crippen LogP contribution in [0.3, 0.4) is 0 Å². The third-order valence-electron chi connectivity index (χ3n) is 3.59. The van der Waals surface area contributed by atoms with Crippen molar-refractivity contribution in [1.29, 1.82) is 0 Å². The van der Waals surface area contributed by atoms with E-state index >= 15 is 0 Å². The van der Waals surface area contributed by atoms with Crippen molar-refractivity contribution in [2.45, 2.75) is 13.0 Å². The third kappa shape index (κ3) is 2.98. The van der Waals surface area contributed by atoms with Crippen LogP contribution < -0.4 is 0 Å². The minimum Gasteiger partial charge on any atom is -0.286 e. The Balaban J connectivity index is 1.88. The van der Waals surface area contributed by atoms with Gasteiger partial charge >= 0.3 is 0 Å². The number of rotatable bonds is 3. The molecule has 110 valence electrons. The van der Waals surface area contributed by atoms with Crippen molar-refractivity contribution < 1.29 is 4.79 Å². The highest BCUT2D eigenvalue weighted by Crippen LogP contribution is 2.37. The molecule has 0 aliphatic carbocycles. The average Bonchev–Trinajstić information content (AvgIpc) is 2.82. The van der Waals surface area contributed by atoms with E-state index in [-0.39, 0.29) is 11.9 Å². The van der Waals surface area contributed by atoms with Crippen LogP contribution in [0.5, 0.6) is 0 Å². The van der Waals surface area contributed by atoms with Gasteiger partial charge in [-0.15, -0.1) is 0 Å². The number of benzene rings is 2. The Morgan fingerprint density at radius 2 is 1.64 bits per heavy atom. The first-order valence-electron chi connectivity index (χ1n) is 7.04. The fourth-order valence-electron chi connectivity index (χ4n) is 2.39. The number of carbonyl (C=O) groups is 1. The Labute approximate surface area is 139 Å². The molecule has 0 radical (unpaired) electrons. The maximum atomic E-state index is 12.7. The molecule has 0 N–H and O–H groups in total. The minimum absolute atomic E-state index is 0.0183. The predicted octanol–water partition coefficient (Wildman–Crippen LogP) is 4.65. The summed E-state index contributed by atoms with van der Waals surface area (Å²) in [6.07, 6.45) is 1.90. The lowest BCUT2D eigenvalue weighted by atomic mass is 10.1. The second-order valence-electron chi connectivity index (χ2n) is 5.05. The van der Waals surface area contributed by atoms with Gasteiger partial charge in [0, 0.05) is 0 Å². The van der Waals surface area contributed by atoms with E-state index in [1.165, 1.54) is 11.8 Å². The maximum absolute atomic E-state index is 12.7. The van der Waals surface area contributed by atoms with E-state index in [1.54, 1.807) is 4.90 Å². The van der Waals surface area contributed by atoms with Gasteiger partial charge in [0.25, 0.3) is 5.91 Å². The molecule has 0 saturated carbocycles. The summed E-state index contributed by atoms with van der Waals surface area (Å²) in [7, 11) is 0. The molecule has 2 aromatic rings. The molecule has 1 atom stereocenters. The maximum Gasteiger partial charge on any atom is 0.266 e. The molecule has 4 heteroatoms. The van der Waals surface area contributed by atoms with Gasteiger partial charge in [0.1, 0.15) is 4.32 Å². The lowest BCUT2D eigenvalue weighted by molar-refractivity contribution is -0.123. The van der Waals surface area contributed by atoms with Crippen LogP contribution in [0.1, 0.15) is 24.1 Å². The van der Waals surface area contributed by atoms with Crippen LogP contribution in [0.25, 0.3) is 6.08 Å². The van der Waals surface area contributed by atoms with Crippen LogP contribution in [0, 0.1) is 0 Å². The first-order chi connectivity index (χ1) is 10.7. The van der Waals surface area contributed by atoms with E-state index in [2.05, 4.69) is 0 Å². The molecule has 0 aromatic heterocycles. The summed E-state index contributed by atoms with van der Waals surface area (Å²) >= 11 is 6.78. The number of thioether (sulfide) groups is 1. The van der Waals surface area contributed by atoms with Gasteiger partial charge in [-0.25, -0.2) is 0 Å². The molecule has 22 heavy (non-hydrogen) atoms. The molecule has 0 bridgehead atoms. The van der Waals surface area contributed by atoms with Crippen LogP contribution in [0.15, 0.2) is 65.6 Å². The quantitative estimate of drug-likeness (QED) is 0.605.